The average Bonchev–Trinajstić information content (AvgIpc) is 3.22. The summed E-state index contributed by atoms with van der Waals surface area (Å²) in [4.78, 5) is 45.8. The monoisotopic (exact) mass is 858 g/mol. The van der Waals surface area contributed by atoms with E-state index >= 15 is 0 Å². The van der Waals surface area contributed by atoms with Crippen molar-refractivity contribution < 1.29 is 122 Å². The van der Waals surface area contributed by atoms with E-state index in [0.29, 0.717) is 11.5 Å². The Morgan fingerprint density at radius 2 is 0.934 bits per heavy atom. The number of carbonyl (C=O) groups is 2. The van der Waals surface area contributed by atoms with Crippen LogP contribution in [0.3, 0.4) is 0 Å². The zero-order chi connectivity index (χ0) is 41.6. The quantitative estimate of drug-likeness (QED) is 0.0821. The van der Waals surface area contributed by atoms with Gasteiger partial charge in [-0.1, -0.05) is 63.1 Å². The van der Waals surface area contributed by atoms with E-state index in [4.69, 9.17) is 27.8 Å². The molecule has 4 N–H and O–H groups in total. The number of carbonyl (C=O) groups excluding carboxylic acids is 2. The third-order valence-corrected chi connectivity index (χ3v) is 8.53. The van der Waals surface area contributed by atoms with Crippen LogP contribution in [0.25, 0.3) is 21.9 Å². The Labute approximate surface area is 394 Å². The van der Waals surface area contributed by atoms with Crippen molar-refractivity contribution >= 4 is 33.9 Å². The van der Waals surface area contributed by atoms with Crippen LogP contribution in [-0.2, 0) is 12.8 Å². The van der Waals surface area contributed by atoms with E-state index < -0.39 is 46.5 Å². The predicted molar refractivity (Wildman–Crippen MR) is 212 cm³/mol. The van der Waals surface area contributed by atoms with Gasteiger partial charge in [0.2, 0.25) is 0 Å². The van der Waals surface area contributed by atoms with E-state index in [1.165, 1.54) is 36.4 Å². The Morgan fingerprint density at radius 1 is 0.574 bits per heavy atom. The number of ether oxygens (including phenoxy) is 4. The minimum Gasteiger partial charge on any atom is -0.542 e. The van der Waals surface area contributed by atoms with Gasteiger partial charge in [-0.2, -0.15) is 0 Å². The number of hydrogen-bond donors (Lipinski definition) is 2. The Morgan fingerprint density at radius 3 is 1.30 bits per heavy atom. The molecule has 0 aliphatic carbocycles. The maximum atomic E-state index is 12.1. The van der Waals surface area contributed by atoms with E-state index in [9.17, 15) is 39.6 Å². The third kappa shape index (κ3) is 15.3. The van der Waals surface area contributed by atoms with Crippen LogP contribution in [0.1, 0.15) is 58.9 Å². The molecule has 0 saturated carbocycles. The molecule has 6 aromatic rings. The molecule has 61 heavy (non-hydrogen) atoms. The normalized spacial score (nSPS) is 11.3. The molecule has 15 nitrogen and oxygen atoms in total. The smallest absolute Gasteiger partial charge is 0.542 e. The first kappa shape index (κ1) is 52.5. The van der Waals surface area contributed by atoms with Crippen LogP contribution >= 0.6 is 0 Å². The van der Waals surface area contributed by atoms with Gasteiger partial charge in [0.25, 0.3) is 0 Å². The second-order valence-corrected chi connectivity index (χ2v) is 13.1. The summed E-state index contributed by atoms with van der Waals surface area (Å²) in [5.41, 5.74) is 1.35. The van der Waals surface area contributed by atoms with E-state index in [1.807, 2.05) is 48.5 Å². The molecule has 0 aliphatic heterocycles. The van der Waals surface area contributed by atoms with Crippen molar-refractivity contribution in [2.45, 2.75) is 51.7 Å². The molecule has 0 amide bonds. The fraction of sp³-hybridized carbons (Fsp3) is 0.273. The minimum atomic E-state index is -1.56. The van der Waals surface area contributed by atoms with Gasteiger partial charge in [-0.15, -0.1) is 0 Å². The predicted octanol–water partition coefficient (Wildman–Crippen LogP) is -2.96. The molecule has 2 atom stereocenters. The van der Waals surface area contributed by atoms with Crippen LogP contribution in [-0.4, -0.2) is 66.3 Å². The van der Waals surface area contributed by atoms with Crippen molar-refractivity contribution in [2.24, 2.45) is 0 Å². The molecule has 0 saturated heterocycles. The van der Waals surface area contributed by atoms with Crippen LogP contribution < -0.4 is 99.1 Å². The maximum Gasteiger partial charge on any atom is 1.00 e. The summed E-state index contributed by atoms with van der Waals surface area (Å²) in [6.45, 7) is 4.22. The molecule has 0 aliphatic rings. The average molecular weight is 859 g/mol. The first-order valence-electron chi connectivity index (χ1n) is 18.6. The van der Waals surface area contributed by atoms with Gasteiger partial charge in [0.1, 0.15) is 84.7 Å². The van der Waals surface area contributed by atoms with Crippen molar-refractivity contribution in [1.82, 2.24) is 0 Å². The van der Waals surface area contributed by atoms with Gasteiger partial charge < -0.3 is 63.3 Å². The zero-order valence-electron chi connectivity index (χ0n) is 34.3. The number of hydrogen-bond acceptors (Lipinski definition) is 14. The molecule has 2 unspecified atom stereocenters. The third-order valence-electron chi connectivity index (χ3n) is 8.53. The molecule has 0 fully saturated rings. The van der Waals surface area contributed by atoms with Gasteiger partial charge in [0.05, 0.1) is 10.8 Å². The standard InChI is InChI=1S/2C22H22O7.2Na.H2O/c2*1-2-5-14-6-3-4-7-19(14)28-13-15(23)12-27-16-8-9-20-17(10-16)18(24)11-21(29-20)22(25)26;;;/h2*3-4,6-11,15,23H,2,5,12-13H2,1H3,(H,25,26);;;1H2/q;;2*+1;/p-2. The molecular formula is C44H44Na2O15. The van der Waals surface area contributed by atoms with Crippen LogP contribution in [0.2, 0.25) is 0 Å². The van der Waals surface area contributed by atoms with Gasteiger partial charge in [0.15, 0.2) is 22.4 Å². The van der Waals surface area contributed by atoms with E-state index in [-0.39, 0.29) is 113 Å². The second-order valence-electron chi connectivity index (χ2n) is 13.1. The van der Waals surface area contributed by atoms with E-state index in [0.717, 1.165) is 60.4 Å². The number of para-hydroxylation sites is 2. The molecular weight excluding hydrogens is 814 g/mol. The van der Waals surface area contributed by atoms with Gasteiger partial charge >= 0.3 is 59.1 Å². The number of aliphatic hydroxyl groups is 2. The van der Waals surface area contributed by atoms with Gasteiger partial charge in [-0.25, -0.2) is 0 Å². The fourth-order valence-corrected chi connectivity index (χ4v) is 5.75. The number of aliphatic hydroxyl groups excluding tert-OH is 2. The molecule has 0 radical (unpaired) electrons. The van der Waals surface area contributed by atoms with Gasteiger partial charge in [-0.3, -0.25) is 9.59 Å². The molecule has 6 rings (SSSR count). The number of fused-ring (bicyclic) bond motifs is 2. The molecule has 2 heterocycles. The van der Waals surface area contributed by atoms with Crippen LogP contribution in [0.4, 0.5) is 0 Å². The maximum absolute atomic E-state index is 12.1. The number of benzene rings is 4. The Hall–Kier alpha value is -4.68. The van der Waals surface area contributed by atoms with Gasteiger partial charge in [-0.05, 0) is 72.5 Å². The van der Waals surface area contributed by atoms with Crippen LogP contribution in [0, 0.1) is 0 Å². The Kier molecular flexibility index (Phi) is 22.3. The molecule has 0 spiro atoms. The summed E-state index contributed by atoms with van der Waals surface area (Å²) in [6.07, 6.45) is 2.01. The molecule has 0 bridgehead atoms. The Balaban J connectivity index is 0.000000400. The topological polar surface area (TPSA) is 250 Å². The van der Waals surface area contributed by atoms with Crippen molar-refractivity contribution in [2.75, 3.05) is 26.4 Å². The van der Waals surface area contributed by atoms with Crippen LogP contribution in [0.15, 0.2) is 115 Å². The van der Waals surface area contributed by atoms with Crippen molar-refractivity contribution in [1.29, 1.82) is 0 Å². The summed E-state index contributed by atoms with van der Waals surface area (Å²) < 4.78 is 32.7. The van der Waals surface area contributed by atoms with Gasteiger partial charge in [0, 0.05) is 12.1 Å². The van der Waals surface area contributed by atoms with Crippen molar-refractivity contribution in [3.8, 4) is 23.0 Å². The first-order chi connectivity index (χ1) is 27.9. The number of carboxylic acids is 2. The van der Waals surface area contributed by atoms with Crippen LogP contribution in [0.5, 0.6) is 23.0 Å². The summed E-state index contributed by atoms with van der Waals surface area (Å²) >= 11 is 0. The number of aromatic carboxylic acids is 2. The second kappa shape index (κ2) is 25.9. The molecule has 4 aromatic carbocycles. The number of aryl methyl sites for hydroxylation is 2. The summed E-state index contributed by atoms with van der Waals surface area (Å²) in [5, 5.41) is 42.4. The van der Waals surface area contributed by atoms with Crippen molar-refractivity contribution in [3.05, 3.63) is 140 Å². The summed E-state index contributed by atoms with van der Waals surface area (Å²) in [6, 6.07) is 25.9. The number of rotatable bonds is 18. The summed E-state index contributed by atoms with van der Waals surface area (Å²) in [7, 11) is 0. The molecule has 312 valence electrons. The van der Waals surface area contributed by atoms with E-state index in [2.05, 4.69) is 13.8 Å². The zero-order valence-corrected chi connectivity index (χ0v) is 38.3. The van der Waals surface area contributed by atoms with E-state index in [1.54, 1.807) is 0 Å². The molecule has 2 aromatic heterocycles. The Bertz CT molecular complexity index is 2290. The molecule has 17 heteroatoms. The van der Waals surface area contributed by atoms with Crippen molar-refractivity contribution in [3.63, 3.8) is 0 Å². The SMILES string of the molecule is CCCc1ccccc1OCC(O)COc1ccc2oc(C(=O)[O-])cc(=O)c2c1.CCCc1ccccc1OCC(O)COc1ccc2oc(C(=O)[O-])cc(=O)c2c1.O.[Na+].[Na+]. The minimum absolute atomic E-state index is 0. The largest absolute Gasteiger partial charge is 1.00 e. The fourth-order valence-electron chi connectivity index (χ4n) is 5.75. The number of carboxylic acid groups (broad SMARTS) is 2. The first-order valence-corrected chi connectivity index (χ1v) is 18.6. The summed E-state index contributed by atoms with van der Waals surface area (Å²) in [5.74, 6) is -2.03.